The maximum absolute atomic E-state index is 11.1. The topological polar surface area (TPSA) is 74.6 Å². The molecule has 88 valence electrons. The largest absolute Gasteiger partial charge is 0.481 e. The molecule has 0 aromatic heterocycles. The fourth-order valence-corrected chi connectivity index (χ4v) is 1.85. The van der Waals surface area contributed by atoms with Gasteiger partial charge in [0.15, 0.2) is 0 Å². The molecule has 0 aromatic carbocycles. The fourth-order valence-electron chi connectivity index (χ4n) is 1.40. The number of hydrogen-bond donors (Lipinski definition) is 2. The first-order valence-corrected chi connectivity index (χ1v) is 5.55. The Kier molecular flexibility index (Phi) is 4.72. The molecule has 0 spiro atoms. The normalized spacial score (nSPS) is 18.9. The van der Waals surface area contributed by atoms with Gasteiger partial charge in [-0.2, -0.15) is 0 Å². The molecule has 0 bridgehead atoms. The first kappa shape index (κ1) is 14.4. The first-order chi connectivity index (χ1) is 6.72. The van der Waals surface area contributed by atoms with E-state index in [0.29, 0.717) is 12.8 Å². The molecule has 0 saturated carbocycles. The Labute approximate surface area is 92.3 Å². The van der Waals surface area contributed by atoms with Crippen molar-refractivity contribution in [3.05, 3.63) is 0 Å². The molecule has 0 aliphatic carbocycles. The molecule has 5 heteroatoms. The number of carbonyl (C=O) groups is 2. The van der Waals surface area contributed by atoms with Crippen LogP contribution >= 0.6 is 9.24 Å². The van der Waals surface area contributed by atoms with E-state index in [9.17, 15) is 9.59 Å². The number of carboxylic acid groups (broad SMARTS) is 2. The van der Waals surface area contributed by atoms with Crippen LogP contribution in [0.2, 0.25) is 0 Å². The lowest BCUT2D eigenvalue weighted by molar-refractivity contribution is -0.150. The van der Waals surface area contributed by atoms with Crippen LogP contribution in [0, 0.1) is 5.41 Å². The van der Waals surface area contributed by atoms with Gasteiger partial charge in [-0.3, -0.25) is 9.59 Å². The van der Waals surface area contributed by atoms with Crippen LogP contribution in [0.25, 0.3) is 0 Å². The van der Waals surface area contributed by atoms with Gasteiger partial charge in [0.1, 0.15) is 0 Å². The Morgan fingerprint density at radius 3 is 1.80 bits per heavy atom. The Bertz CT molecular complexity index is 240. The van der Waals surface area contributed by atoms with E-state index in [4.69, 9.17) is 10.2 Å². The Morgan fingerprint density at radius 2 is 1.60 bits per heavy atom. The summed E-state index contributed by atoms with van der Waals surface area (Å²) in [5.41, 5.74) is -0.976. The highest BCUT2D eigenvalue weighted by Gasteiger charge is 2.43. The number of rotatable bonds is 6. The van der Waals surface area contributed by atoms with Crippen LogP contribution in [0.3, 0.4) is 0 Å². The van der Waals surface area contributed by atoms with E-state index in [1.165, 1.54) is 0 Å². The van der Waals surface area contributed by atoms with Crippen LogP contribution in [-0.4, -0.2) is 27.3 Å². The molecule has 0 aliphatic rings. The van der Waals surface area contributed by atoms with Crippen molar-refractivity contribution in [1.82, 2.24) is 0 Å². The second-order valence-electron chi connectivity index (χ2n) is 4.21. The van der Waals surface area contributed by atoms with Crippen LogP contribution in [0.4, 0.5) is 0 Å². The summed E-state index contributed by atoms with van der Waals surface area (Å²) in [5.74, 6) is -1.90. The molecule has 0 fully saturated rings. The van der Waals surface area contributed by atoms with Gasteiger partial charge >= 0.3 is 11.9 Å². The molecule has 0 heterocycles. The van der Waals surface area contributed by atoms with E-state index in [0.717, 1.165) is 0 Å². The molecule has 0 amide bonds. The lowest BCUT2D eigenvalue weighted by Gasteiger charge is -2.32. The second kappa shape index (κ2) is 4.93. The smallest absolute Gasteiger partial charge is 0.313 e. The lowest BCUT2D eigenvalue weighted by Crippen LogP contribution is -2.40. The summed E-state index contributed by atoms with van der Waals surface area (Å²) in [6.07, 6.45) is 0.948. The molecule has 4 nitrogen and oxygen atoms in total. The number of aliphatic carboxylic acids is 2. The summed E-state index contributed by atoms with van der Waals surface area (Å²) in [5, 5.41) is 17.1. The van der Waals surface area contributed by atoms with E-state index < -0.39 is 22.5 Å². The van der Waals surface area contributed by atoms with Gasteiger partial charge in [-0.1, -0.05) is 13.8 Å². The number of carboxylic acids is 2. The highest BCUT2D eigenvalue weighted by molar-refractivity contribution is 7.21. The van der Waals surface area contributed by atoms with Crippen molar-refractivity contribution in [2.24, 2.45) is 5.41 Å². The Morgan fingerprint density at radius 1 is 1.13 bits per heavy atom. The molecule has 0 saturated heterocycles. The van der Waals surface area contributed by atoms with Gasteiger partial charge < -0.3 is 10.2 Å². The second-order valence-corrected chi connectivity index (χ2v) is 5.32. The van der Waals surface area contributed by atoms with E-state index >= 15 is 0 Å². The average Bonchev–Trinajstić information content (AvgIpc) is 2.16. The third kappa shape index (κ3) is 3.16. The minimum atomic E-state index is -1.04. The van der Waals surface area contributed by atoms with Crippen molar-refractivity contribution < 1.29 is 19.8 Å². The van der Waals surface area contributed by atoms with Crippen LogP contribution in [0.5, 0.6) is 0 Å². The van der Waals surface area contributed by atoms with Crippen molar-refractivity contribution in [2.75, 3.05) is 0 Å². The Hall–Kier alpha value is -0.630. The summed E-state index contributed by atoms with van der Waals surface area (Å²) in [7, 11) is 2.28. The molecule has 0 aromatic rings. The SMILES string of the molecule is CCC(C)(CC(P)(CC)C(=O)O)C(=O)O. The standard InChI is InChI=1S/C10H19O4P/c1-4-9(3,7(11)12)6-10(15,5-2)8(13)14/h4-6,15H2,1-3H3,(H,11,12)(H,13,14). The van der Waals surface area contributed by atoms with E-state index in [1.54, 1.807) is 20.8 Å². The summed E-state index contributed by atoms with van der Waals surface area (Å²) in [6, 6.07) is 0. The summed E-state index contributed by atoms with van der Waals surface area (Å²) >= 11 is 0. The summed E-state index contributed by atoms with van der Waals surface area (Å²) < 4.78 is 0. The van der Waals surface area contributed by atoms with Gasteiger partial charge in [0.2, 0.25) is 0 Å². The van der Waals surface area contributed by atoms with Gasteiger partial charge in [-0.05, 0) is 26.2 Å². The van der Waals surface area contributed by atoms with Crippen LogP contribution in [0.15, 0.2) is 0 Å². The summed E-state index contributed by atoms with van der Waals surface area (Å²) in [6.45, 7) is 5.10. The van der Waals surface area contributed by atoms with Crippen molar-refractivity contribution >= 4 is 21.2 Å². The summed E-state index contributed by atoms with van der Waals surface area (Å²) in [4.78, 5) is 22.1. The minimum Gasteiger partial charge on any atom is -0.481 e. The zero-order chi connectivity index (χ0) is 12.3. The van der Waals surface area contributed by atoms with Gasteiger partial charge in [-0.25, -0.2) is 0 Å². The van der Waals surface area contributed by atoms with Crippen LogP contribution in [0.1, 0.15) is 40.0 Å². The van der Waals surface area contributed by atoms with Crippen molar-refractivity contribution in [2.45, 2.75) is 45.2 Å². The maximum Gasteiger partial charge on any atom is 0.313 e. The quantitative estimate of drug-likeness (QED) is 0.689. The van der Waals surface area contributed by atoms with Gasteiger partial charge in [0, 0.05) is 0 Å². The average molecular weight is 234 g/mol. The van der Waals surface area contributed by atoms with Crippen molar-refractivity contribution in [1.29, 1.82) is 0 Å². The van der Waals surface area contributed by atoms with Crippen LogP contribution in [-0.2, 0) is 9.59 Å². The predicted octanol–water partition coefficient (Wildman–Crippen LogP) is 1.99. The van der Waals surface area contributed by atoms with Crippen LogP contribution < -0.4 is 0 Å². The molecule has 0 radical (unpaired) electrons. The third-order valence-corrected chi connectivity index (χ3v) is 3.92. The third-order valence-electron chi connectivity index (χ3n) is 3.06. The zero-order valence-corrected chi connectivity index (χ0v) is 10.6. The molecule has 2 N–H and O–H groups in total. The Balaban J connectivity index is 4.95. The molecule has 15 heavy (non-hydrogen) atoms. The number of hydrogen-bond acceptors (Lipinski definition) is 2. The first-order valence-electron chi connectivity index (χ1n) is 4.97. The van der Waals surface area contributed by atoms with Crippen molar-refractivity contribution in [3.8, 4) is 0 Å². The zero-order valence-electron chi connectivity index (χ0n) is 9.41. The van der Waals surface area contributed by atoms with E-state index in [-0.39, 0.29) is 6.42 Å². The lowest BCUT2D eigenvalue weighted by atomic mass is 9.77. The maximum atomic E-state index is 11.1. The van der Waals surface area contributed by atoms with Crippen molar-refractivity contribution in [3.63, 3.8) is 0 Å². The molecule has 3 atom stereocenters. The molecular weight excluding hydrogens is 215 g/mol. The fraction of sp³-hybridized carbons (Fsp3) is 0.800. The molecule has 0 aliphatic heterocycles. The molecule has 0 rings (SSSR count). The van der Waals surface area contributed by atoms with Gasteiger partial charge in [-0.15, -0.1) is 9.24 Å². The highest BCUT2D eigenvalue weighted by atomic mass is 31.0. The predicted molar refractivity (Wildman–Crippen MR) is 61.0 cm³/mol. The minimum absolute atomic E-state index is 0.127. The van der Waals surface area contributed by atoms with Gasteiger partial charge in [0.05, 0.1) is 10.6 Å². The van der Waals surface area contributed by atoms with E-state index in [2.05, 4.69) is 9.24 Å². The monoisotopic (exact) mass is 234 g/mol. The van der Waals surface area contributed by atoms with E-state index in [1.807, 2.05) is 0 Å². The molecular formula is C10H19O4P. The highest BCUT2D eigenvalue weighted by Crippen LogP contribution is 2.39. The van der Waals surface area contributed by atoms with Gasteiger partial charge in [0.25, 0.3) is 0 Å². The molecule has 3 unspecified atom stereocenters.